The second kappa shape index (κ2) is 8.49. The van der Waals surface area contributed by atoms with Gasteiger partial charge in [0, 0.05) is 0 Å². The largest absolute Gasteiger partial charge is 0.490 e. The Kier molecular flexibility index (Phi) is 6.07. The number of rotatable bonds is 7. The van der Waals surface area contributed by atoms with Crippen molar-refractivity contribution < 1.29 is 9.47 Å². The Bertz CT molecular complexity index is 703. The number of anilines is 1. The van der Waals surface area contributed by atoms with Gasteiger partial charge in [0.1, 0.15) is 18.1 Å². The normalized spacial score (nSPS) is 11.9. The zero-order chi connectivity index (χ0) is 16.5. The monoisotopic (exact) mass is 307 g/mol. The molecule has 0 aliphatic heterocycles. The number of benzene rings is 2. The van der Waals surface area contributed by atoms with Crippen molar-refractivity contribution in [2.45, 2.75) is 13.5 Å². The van der Waals surface area contributed by atoms with Crippen LogP contribution in [0.2, 0.25) is 0 Å². The summed E-state index contributed by atoms with van der Waals surface area (Å²) in [5, 5.41) is 0. The molecule has 0 saturated carbocycles. The highest BCUT2D eigenvalue weighted by Crippen LogP contribution is 2.24. The van der Waals surface area contributed by atoms with E-state index < -0.39 is 0 Å². The van der Waals surface area contributed by atoms with Gasteiger partial charge in [-0.3, -0.25) is 0 Å². The van der Waals surface area contributed by atoms with Crippen molar-refractivity contribution in [1.29, 1.82) is 0 Å². The maximum Gasteiger partial charge on any atom is 0.164 e. The minimum Gasteiger partial charge on any atom is -0.490 e. The molecule has 0 atom stereocenters. The molecule has 2 aromatic carbocycles. The van der Waals surface area contributed by atoms with Gasteiger partial charge in [0.25, 0.3) is 0 Å². The first-order valence-corrected chi connectivity index (χ1v) is 7.39. The average molecular weight is 307 g/mol. The number of ether oxygens (including phenoxy) is 2. The molecule has 0 radical (unpaired) electrons. The molecule has 0 bridgehead atoms. The molecule has 2 rings (SSSR count). The lowest BCUT2D eigenvalue weighted by molar-refractivity contribution is 0.186. The lowest BCUT2D eigenvalue weighted by Gasteiger charge is -2.13. The van der Waals surface area contributed by atoms with E-state index in [2.05, 4.69) is 6.58 Å². The maximum atomic E-state index is 5.93. The van der Waals surface area contributed by atoms with Crippen LogP contribution in [0.15, 0.2) is 90.9 Å². The van der Waals surface area contributed by atoms with Crippen LogP contribution in [-0.4, -0.2) is 0 Å². The Morgan fingerprint density at radius 3 is 2.48 bits per heavy atom. The van der Waals surface area contributed by atoms with Crippen LogP contribution in [0, 0.1) is 0 Å². The van der Waals surface area contributed by atoms with E-state index in [1.165, 1.54) is 0 Å². The molecule has 2 N–H and O–H groups in total. The number of nitrogen functional groups attached to an aromatic ring is 1. The Balaban J connectivity index is 2.16. The minimum atomic E-state index is 0.478. The van der Waals surface area contributed by atoms with Gasteiger partial charge >= 0.3 is 0 Å². The Morgan fingerprint density at radius 1 is 1.09 bits per heavy atom. The summed E-state index contributed by atoms with van der Waals surface area (Å²) in [6.07, 6.45) is 5.28. The molecular weight excluding hydrogens is 286 g/mol. The molecule has 0 amide bonds. The summed E-state index contributed by atoms with van der Waals surface area (Å²) in [6.45, 7) is 6.02. The molecule has 3 nitrogen and oxygen atoms in total. The van der Waals surface area contributed by atoms with Crippen LogP contribution in [-0.2, 0) is 11.3 Å². The molecular formula is C20H21NO2. The number of nitrogens with two attached hydrogens (primary N) is 1. The fraction of sp³-hybridized carbons (Fsp3) is 0.100. The van der Waals surface area contributed by atoms with E-state index in [4.69, 9.17) is 15.2 Å². The van der Waals surface area contributed by atoms with Crippen LogP contribution in [0.4, 0.5) is 5.69 Å². The predicted molar refractivity (Wildman–Crippen MR) is 94.8 cm³/mol. The summed E-state index contributed by atoms with van der Waals surface area (Å²) >= 11 is 0. The van der Waals surface area contributed by atoms with Gasteiger partial charge in [0.05, 0.1) is 5.69 Å². The van der Waals surface area contributed by atoms with Crippen molar-refractivity contribution >= 4 is 5.69 Å². The van der Waals surface area contributed by atoms with Crippen LogP contribution < -0.4 is 10.5 Å². The van der Waals surface area contributed by atoms with E-state index in [0.717, 1.165) is 5.56 Å². The standard InChI is InChI=1S/C20H21NO2/c1-3-4-13-19(23-20-14-9-8-12-18(20)21)16(2)22-15-17-10-6-5-7-11-17/h3-14H,1,15,21H2,2H3/b13-4-,19-16-. The molecule has 0 unspecified atom stereocenters. The highest BCUT2D eigenvalue weighted by molar-refractivity contribution is 5.53. The first-order valence-electron chi connectivity index (χ1n) is 7.39. The van der Waals surface area contributed by atoms with Gasteiger partial charge in [-0.2, -0.15) is 0 Å². The van der Waals surface area contributed by atoms with Crippen LogP contribution in [0.25, 0.3) is 0 Å². The maximum absolute atomic E-state index is 5.93. The Labute approximate surface area is 137 Å². The van der Waals surface area contributed by atoms with E-state index in [9.17, 15) is 0 Å². The smallest absolute Gasteiger partial charge is 0.164 e. The third kappa shape index (κ3) is 5.08. The molecule has 0 spiro atoms. The Morgan fingerprint density at radius 2 is 1.78 bits per heavy atom. The van der Waals surface area contributed by atoms with Gasteiger partial charge in [0.2, 0.25) is 0 Å². The van der Waals surface area contributed by atoms with E-state index in [1.54, 1.807) is 24.3 Å². The fourth-order valence-electron chi connectivity index (χ4n) is 1.91. The van der Waals surface area contributed by atoms with Gasteiger partial charge in [-0.1, -0.05) is 61.2 Å². The van der Waals surface area contributed by atoms with E-state index in [0.29, 0.717) is 29.6 Å². The summed E-state index contributed by atoms with van der Waals surface area (Å²) in [4.78, 5) is 0. The summed E-state index contributed by atoms with van der Waals surface area (Å²) in [5.41, 5.74) is 7.60. The van der Waals surface area contributed by atoms with Gasteiger partial charge < -0.3 is 15.2 Å². The quantitative estimate of drug-likeness (QED) is 0.452. The van der Waals surface area contributed by atoms with Crippen molar-refractivity contribution in [2.75, 3.05) is 5.73 Å². The average Bonchev–Trinajstić information content (AvgIpc) is 2.59. The van der Waals surface area contributed by atoms with Crippen molar-refractivity contribution in [1.82, 2.24) is 0 Å². The molecule has 23 heavy (non-hydrogen) atoms. The second-order valence-corrected chi connectivity index (χ2v) is 4.93. The highest BCUT2D eigenvalue weighted by Gasteiger charge is 2.07. The second-order valence-electron chi connectivity index (χ2n) is 4.93. The van der Waals surface area contributed by atoms with Crippen molar-refractivity contribution in [2.24, 2.45) is 0 Å². The van der Waals surface area contributed by atoms with E-state index in [1.807, 2.05) is 55.5 Å². The highest BCUT2D eigenvalue weighted by atomic mass is 16.5. The molecule has 118 valence electrons. The number of hydrogen-bond acceptors (Lipinski definition) is 3. The molecule has 0 aliphatic carbocycles. The fourth-order valence-corrected chi connectivity index (χ4v) is 1.91. The van der Waals surface area contributed by atoms with Crippen LogP contribution in [0.1, 0.15) is 12.5 Å². The molecule has 2 aromatic rings. The molecule has 0 heterocycles. The minimum absolute atomic E-state index is 0.478. The summed E-state index contributed by atoms with van der Waals surface area (Å²) in [5.74, 6) is 1.87. The van der Waals surface area contributed by atoms with Crippen LogP contribution in [0.5, 0.6) is 5.75 Å². The number of allylic oxidation sites excluding steroid dienone is 4. The lowest BCUT2D eigenvalue weighted by Crippen LogP contribution is -2.02. The van der Waals surface area contributed by atoms with Gasteiger partial charge in [-0.15, -0.1) is 0 Å². The lowest BCUT2D eigenvalue weighted by atomic mass is 10.2. The van der Waals surface area contributed by atoms with E-state index in [-0.39, 0.29) is 0 Å². The first kappa shape index (κ1) is 16.4. The zero-order valence-corrected chi connectivity index (χ0v) is 13.2. The molecule has 0 aliphatic rings. The van der Waals surface area contributed by atoms with Gasteiger partial charge in [-0.25, -0.2) is 0 Å². The molecule has 0 saturated heterocycles. The summed E-state index contributed by atoms with van der Waals surface area (Å²) < 4.78 is 11.7. The first-order chi connectivity index (χ1) is 11.2. The van der Waals surface area contributed by atoms with E-state index >= 15 is 0 Å². The summed E-state index contributed by atoms with van der Waals surface area (Å²) in [7, 11) is 0. The Hall–Kier alpha value is -2.94. The van der Waals surface area contributed by atoms with Gasteiger partial charge in [0.15, 0.2) is 5.76 Å². The summed E-state index contributed by atoms with van der Waals surface area (Å²) in [6, 6.07) is 17.3. The molecule has 0 aromatic heterocycles. The zero-order valence-electron chi connectivity index (χ0n) is 13.2. The third-order valence-corrected chi connectivity index (χ3v) is 3.17. The topological polar surface area (TPSA) is 44.5 Å². The van der Waals surface area contributed by atoms with Crippen molar-refractivity contribution in [3.05, 3.63) is 96.5 Å². The molecule has 3 heteroatoms. The van der Waals surface area contributed by atoms with Crippen molar-refractivity contribution in [3.63, 3.8) is 0 Å². The van der Waals surface area contributed by atoms with Crippen molar-refractivity contribution in [3.8, 4) is 5.75 Å². The SMILES string of the molecule is C=C/C=C\C(Oc1ccccc1N)=C(/C)OCc1ccccc1. The van der Waals surface area contributed by atoms with Crippen LogP contribution >= 0.6 is 0 Å². The molecule has 0 fully saturated rings. The predicted octanol–water partition coefficient (Wildman–Crippen LogP) is 4.84. The van der Waals surface area contributed by atoms with Gasteiger partial charge in [-0.05, 0) is 30.7 Å². The number of para-hydroxylation sites is 2. The number of hydrogen-bond donors (Lipinski definition) is 1. The van der Waals surface area contributed by atoms with Crippen LogP contribution in [0.3, 0.4) is 0 Å². The third-order valence-electron chi connectivity index (χ3n) is 3.17.